The molecule has 0 atom stereocenters. The van der Waals surface area contributed by atoms with E-state index in [0.29, 0.717) is 0 Å². The number of hydrogen-bond acceptors (Lipinski definition) is 2. The van der Waals surface area contributed by atoms with Crippen LogP contribution in [0.25, 0.3) is 0 Å². The van der Waals surface area contributed by atoms with E-state index in [9.17, 15) is 14.0 Å². The zero-order chi connectivity index (χ0) is 13.8. The Balaban J connectivity index is 1.92. The number of nitrogens with zero attached hydrogens (tertiary/aromatic N) is 1. The highest BCUT2D eigenvalue weighted by Gasteiger charge is 2.19. The molecule has 6 heteroatoms. The van der Waals surface area contributed by atoms with Crippen molar-refractivity contribution >= 4 is 23.4 Å². The van der Waals surface area contributed by atoms with E-state index < -0.39 is 11.7 Å². The van der Waals surface area contributed by atoms with Gasteiger partial charge in [-0.3, -0.25) is 9.59 Å². The Morgan fingerprint density at radius 3 is 2.63 bits per heavy atom. The lowest BCUT2D eigenvalue weighted by atomic mass is 10.2. The van der Waals surface area contributed by atoms with Gasteiger partial charge in [-0.25, -0.2) is 4.39 Å². The fraction of sp³-hybridized carbons (Fsp3) is 0.385. The van der Waals surface area contributed by atoms with Crippen LogP contribution < -0.4 is 5.32 Å². The molecule has 1 N–H and O–H groups in total. The Morgan fingerprint density at radius 2 is 2.00 bits per heavy atom. The molecule has 1 aromatic rings. The first-order valence-electron chi connectivity index (χ1n) is 6.09. The molecular weight excluding hydrogens is 271 g/mol. The minimum atomic E-state index is -0.696. The lowest BCUT2D eigenvalue weighted by Crippen LogP contribution is -2.38. The monoisotopic (exact) mass is 284 g/mol. The first kappa shape index (κ1) is 13.8. The average molecular weight is 285 g/mol. The molecule has 2 rings (SSSR count). The molecule has 1 aromatic carbocycles. The van der Waals surface area contributed by atoms with E-state index in [1.807, 2.05) is 0 Å². The molecule has 0 bridgehead atoms. The van der Waals surface area contributed by atoms with Crippen LogP contribution in [0.15, 0.2) is 18.2 Å². The summed E-state index contributed by atoms with van der Waals surface area (Å²) in [6.07, 6.45) is 1.98. The van der Waals surface area contributed by atoms with Crippen molar-refractivity contribution in [2.24, 2.45) is 0 Å². The molecule has 1 aliphatic rings. The summed E-state index contributed by atoms with van der Waals surface area (Å²) in [5.74, 6) is -1.44. The van der Waals surface area contributed by atoms with Gasteiger partial charge < -0.3 is 10.2 Å². The van der Waals surface area contributed by atoms with Gasteiger partial charge >= 0.3 is 0 Å². The van der Waals surface area contributed by atoms with Crippen molar-refractivity contribution in [1.82, 2.24) is 10.2 Å². The van der Waals surface area contributed by atoms with Crippen LogP contribution in [0, 0.1) is 5.82 Å². The Kier molecular flexibility index (Phi) is 4.37. The summed E-state index contributed by atoms with van der Waals surface area (Å²) in [4.78, 5) is 25.1. The third-order valence-corrected chi connectivity index (χ3v) is 3.27. The van der Waals surface area contributed by atoms with Crippen LogP contribution in [-0.4, -0.2) is 36.3 Å². The summed E-state index contributed by atoms with van der Waals surface area (Å²) in [6, 6.07) is 3.80. The van der Waals surface area contributed by atoms with Crippen molar-refractivity contribution in [3.05, 3.63) is 34.6 Å². The maximum atomic E-state index is 13.5. The summed E-state index contributed by atoms with van der Waals surface area (Å²) in [5.41, 5.74) is -0.112. The largest absolute Gasteiger partial charge is 0.343 e. The highest BCUT2D eigenvalue weighted by Crippen LogP contribution is 2.14. The number of amides is 2. The zero-order valence-electron chi connectivity index (χ0n) is 10.3. The molecule has 1 fully saturated rings. The maximum absolute atomic E-state index is 13.5. The first-order chi connectivity index (χ1) is 9.08. The zero-order valence-corrected chi connectivity index (χ0v) is 11.0. The molecule has 1 saturated heterocycles. The SMILES string of the molecule is O=C(NCC(=O)N1CCCC1)c1ccc(Cl)cc1F. The van der Waals surface area contributed by atoms with E-state index in [0.717, 1.165) is 32.0 Å². The van der Waals surface area contributed by atoms with Crippen molar-refractivity contribution in [3.63, 3.8) is 0 Å². The van der Waals surface area contributed by atoms with E-state index in [-0.39, 0.29) is 23.0 Å². The summed E-state index contributed by atoms with van der Waals surface area (Å²) in [5, 5.41) is 2.65. The van der Waals surface area contributed by atoms with Crippen molar-refractivity contribution in [3.8, 4) is 0 Å². The number of benzene rings is 1. The van der Waals surface area contributed by atoms with E-state index in [2.05, 4.69) is 5.32 Å². The van der Waals surface area contributed by atoms with Crippen molar-refractivity contribution < 1.29 is 14.0 Å². The molecule has 4 nitrogen and oxygen atoms in total. The minimum absolute atomic E-state index is 0.110. The second-order valence-electron chi connectivity index (χ2n) is 4.39. The third kappa shape index (κ3) is 3.44. The second-order valence-corrected chi connectivity index (χ2v) is 4.83. The number of nitrogens with one attached hydrogen (secondary N) is 1. The van der Waals surface area contributed by atoms with Gasteiger partial charge in [-0.2, -0.15) is 0 Å². The fourth-order valence-electron chi connectivity index (χ4n) is 2.00. The van der Waals surface area contributed by atoms with Gasteiger partial charge in [0.2, 0.25) is 5.91 Å². The predicted octanol–water partition coefficient (Wildman–Crippen LogP) is 1.83. The van der Waals surface area contributed by atoms with Gasteiger partial charge in [-0.05, 0) is 31.0 Å². The van der Waals surface area contributed by atoms with Crippen molar-refractivity contribution in [2.45, 2.75) is 12.8 Å². The van der Waals surface area contributed by atoms with E-state index in [4.69, 9.17) is 11.6 Å². The Morgan fingerprint density at radius 1 is 1.32 bits per heavy atom. The number of hydrogen-bond donors (Lipinski definition) is 1. The average Bonchev–Trinajstić information content (AvgIpc) is 2.89. The van der Waals surface area contributed by atoms with Gasteiger partial charge in [0.1, 0.15) is 5.82 Å². The van der Waals surface area contributed by atoms with Crippen LogP contribution in [0.3, 0.4) is 0 Å². The van der Waals surface area contributed by atoms with Crippen LogP contribution >= 0.6 is 11.6 Å². The summed E-state index contributed by atoms with van der Waals surface area (Å²) in [7, 11) is 0. The second kappa shape index (κ2) is 6.02. The Hall–Kier alpha value is -1.62. The quantitative estimate of drug-likeness (QED) is 0.921. The van der Waals surface area contributed by atoms with Crippen LogP contribution in [0.4, 0.5) is 4.39 Å². The van der Waals surface area contributed by atoms with E-state index in [1.165, 1.54) is 12.1 Å². The first-order valence-corrected chi connectivity index (χ1v) is 6.47. The van der Waals surface area contributed by atoms with Gasteiger partial charge in [0.25, 0.3) is 5.91 Å². The molecule has 19 heavy (non-hydrogen) atoms. The number of carbonyl (C=O) groups excluding carboxylic acids is 2. The lowest BCUT2D eigenvalue weighted by molar-refractivity contribution is -0.129. The molecule has 1 heterocycles. The van der Waals surface area contributed by atoms with Crippen molar-refractivity contribution in [2.75, 3.05) is 19.6 Å². The van der Waals surface area contributed by atoms with E-state index in [1.54, 1.807) is 4.90 Å². The van der Waals surface area contributed by atoms with Crippen LogP contribution in [0.5, 0.6) is 0 Å². The normalized spacial score (nSPS) is 14.5. The molecule has 1 aliphatic heterocycles. The molecule has 0 aliphatic carbocycles. The van der Waals surface area contributed by atoms with Gasteiger partial charge in [0.05, 0.1) is 12.1 Å². The van der Waals surface area contributed by atoms with Crippen LogP contribution in [0.2, 0.25) is 5.02 Å². The minimum Gasteiger partial charge on any atom is -0.343 e. The highest BCUT2D eigenvalue weighted by molar-refractivity contribution is 6.30. The summed E-state index contributed by atoms with van der Waals surface area (Å²) >= 11 is 5.60. The lowest BCUT2D eigenvalue weighted by Gasteiger charge is -2.15. The summed E-state index contributed by atoms with van der Waals surface area (Å²) < 4.78 is 13.5. The molecule has 0 aromatic heterocycles. The number of rotatable bonds is 3. The van der Waals surface area contributed by atoms with E-state index >= 15 is 0 Å². The summed E-state index contributed by atoms with van der Waals surface area (Å²) in [6.45, 7) is 1.34. The van der Waals surface area contributed by atoms with Gasteiger partial charge in [-0.1, -0.05) is 11.6 Å². The van der Waals surface area contributed by atoms with Gasteiger partial charge in [-0.15, -0.1) is 0 Å². The standard InChI is InChI=1S/C13H14ClFN2O2/c14-9-3-4-10(11(15)7-9)13(19)16-8-12(18)17-5-1-2-6-17/h3-4,7H,1-2,5-6,8H2,(H,16,19). The Bertz CT molecular complexity index is 501. The molecule has 0 spiro atoms. The molecule has 0 saturated carbocycles. The smallest absolute Gasteiger partial charge is 0.254 e. The van der Waals surface area contributed by atoms with Crippen LogP contribution in [-0.2, 0) is 4.79 Å². The topological polar surface area (TPSA) is 49.4 Å². The van der Waals surface area contributed by atoms with Gasteiger partial charge in [0.15, 0.2) is 0 Å². The molecule has 0 radical (unpaired) electrons. The third-order valence-electron chi connectivity index (χ3n) is 3.03. The van der Waals surface area contributed by atoms with Crippen molar-refractivity contribution in [1.29, 1.82) is 0 Å². The number of halogens is 2. The fourth-order valence-corrected chi connectivity index (χ4v) is 2.16. The van der Waals surface area contributed by atoms with Gasteiger partial charge in [0, 0.05) is 18.1 Å². The number of likely N-dealkylation sites (tertiary alicyclic amines) is 1. The predicted molar refractivity (Wildman–Crippen MR) is 69.6 cm³/mol. The molecular formula is C13H14ClFN2O2. The molecule has 102 valence electrons. The highest BCUT2D eigenvalue weighted by atomic mass is 35.5. The maximum Gasteiger partial charge on any atom is 0.254 e. The molecule has 2 amide bonds. The van der Waals surface area contributed by atoms with Crippen LogP contribution in [0.1, 0.15) is 23.2 Å². The Labute approximate surface area is 115 Å². The molecule has 0 unspecified atom stereocenters. The number of carbonyl (C=O) groups is 2.